The minimum Gasteiger partial charge on any atom is -0.327 e. The molecule has 0 saturated heterocycles. The number of hydrogen-bond acceptors (Lipinski definition) is 5. The predicted octanol–water partition coefficient (Wildman–Crippen LogP) is 1.97. The van der Waals surface area contributed by atoms with Crippen molar-refractivity contribution < 1.29 is 9.59 Å². The zero-order valence-electron chi connectivity index (χ0n) is 16.1. The van der Waals surface area contributed by atoms with E-state index in [-0.39, 0.29) is 6.04 Å². The van der Waals surface area contributed by atoms with E-state index in [2.05, 4.69) is 20.7 Å². The van der Waals surface area contributed by atoms with E-state index in [4.69, 9.17) is 5.73 Å². The van der Waals surface area contributed by atoms with Crippen molar-refractivity contribution in [3.05, 3.63) is 65.7 Å². The van der Waals surface area contributed by atoms with Crippen LogP contribution in [-0.4, -0.2) is 32.6 Å². The standard InChI is InChI=1S/C21H22N6O2/c1-13-3-5-17(27-8-2-7-24-27)11-19(13)26-21(29)20(28)25-16-10-14-9-15(22)4-6-18(14)23-12-16/h2-3,5,7-8,10-12,15H,4,6,9,22H2,1H3,(H,25,28)(H,26,29). The molecular formula is C21H22N6O2. The van der Waals surface area contributed by atoms with Gasteiger partial charge in [-0.25, -0.2) is 4.68 Å². The zero-order valence-corrected chi connectivity index (χ0v) is 16.1. The summed E-state index contributed by atoms with van der Waals surface area (Å²) in [6.45, 7) is 1.86. The monoisotopic (exact) mass is 390 g/mol. The molecule has 3 aromatic rings. The second-order valence-electron chi connectivity index (χ2n) is 7.19. The van der Waals surface area contributed by atoms with Gasteiger partial charge in [0.1, 0.15) is 0 Å². The molecule has 1 aromatic carbocycles. The summed E-state index contributed by atoms with van der Waals surface area (Å²) in [5.74, 6) is -1.50. The first-order valence-electron chi connectivity index (χ1n) is 9.46. The molecule has 0 saturated carbocycles. The number of nitrogens with two attached hydrogens (primary N) is 1. The fourth-order valence-electron chi connectivity index (χ4n) is 3.39. The highest BCUT2D eigenvalue weighted by atomic mass is 16.2. The van der Waals surface area contributed by atoms with Crippen LogP contribution >= 0.6 is 0 Å². The number of amides is 2. The molecule has 0 radical (unpaired) electrons. The van der Waals surface area contributed by atoms with Gasteiger partial charge in [0, 0.05) is 29.8 Å². The van der Waals surface area contributed by atoms with Crippen molar-refractivity contribution in [3.8, 4) is 5.69 Å². The maximum atomic E-state index is 12.4. The second-order valence-corrected chi connectivity index (χ2v) is 7.19. The average molecular weight is 390 g/mol. The molecule has 8 heteroatoms. The lowest BCUT2D eigenvalue weighted by molar-refractivity contribution is -0.133. The summed E-state index contributed by atoms with van der Waals surface area (Å²) in [4.78, 5) is 29.2. The third kappa shape index (κ3) is 4.17. The number of nitrogens with zero attached hydrogens (tertiary/aromatic N) is 3. The maximum absolute atomic E-state index is 12.4. The molecule has 0 bridgehead atoms. The van der Waals surface area contributed by atoms with E-state index >= 15 is 0 Å². The van der Waals surface area contributed by atoms with Crippen LogP contribution in [0.3, 0.4) is 0 Å². The second kappa shape index (κ2) is 7.84. The van der Waals surface area contributed by atoms with Crippen LogP contribution in [0.1, 0.15) is 23.2 Å². The number of benzene rings is 1. The van der Waals surface area contributed by atoms with Crippen LogP contribution < -0.4 is 16.4 Å². The first-order valence-corrected chi connectivity index (χ1v) is 9.46. The summed E-state index contributed by atoms with van der Waals surface area (Å²) >= 11 is 0. The zero-order chi connectivity index (χ0) is 20.4. The van der Waals surface area contributed by atoms with Gasteiger partial charge in [0.05, 0.1) is 17.6 Å². The van der Waals surface area contributed by atoms with Crippen LogP contribution in [0.25, 0.3) is 5.69 Å². The van der Waals surface area contributed by atoms with Crippen molar-refractivity contribution in [2.24, 2.45) is 5.73 Å². The van der Waals surface area contributed by atoms with Crippen LogP contribution in [0.4, 0.5) is 11.4 Å². The summed E-state index contributed by atoms with van der Waals surface area (Å²) in [6, 6.07) is 9.28. The number of aryl methyl sites for hydroxylation is 2. The molecule has 1 atom stereocenters. The van der Waals surface area contributed by atoms with Gasteiger partial charge in [-0.3, -0.25) is 14.6 Å². The SMILES string of the molecule is Cc1ccc(-n2cccn2)cc1NC(=O)C(=O)Nc1cnc2c(c1)CC(N)CC2. The Balaban J connectivity index is 1.46. The Morgan fingerprint density at radius 2 is 2.03 bits per heavy atom. The van der Waals surface area contributed by atoms with E-state index in [9.17, 15) is 9.59 Å². The van der Waals surface area contributed by atoms with Crippen LogP contribution in [0.2, 0.25) is 0 Å². The quantitative estimate of drug-likeness (QED) is 0.592. The van der Waals surface area contributed by atoms with Gasteiger partial charge in [-0.15, -0.1) is 0 Å². The first-order chi connectivity index (χ1) is 14.0. The predicted molar refractivity (Wildman–Crippen MR) is 110 cm³/mol. The molecule has 1 unspecified atom stereocenters. The van der Waals surface area contributed by atoms with Gasteiger partial charge in [-0.05, 0) is 61.6 Å². The number of aromatic nitrogens is 3. The largest absolute Gasteiger partial charge is 0.327 e. The average Bonchev–Trinajstić information content (AvgIpc) is 3.24. The number of fused-ring (bicyclic) bond motifs is 1. The number of rotatable bonds is 3. The minimum absolute atomic E-state index is 0.101. The third-order valence-corrected chi connectivity index (χ3v) is 5.00. The number of hydrogen-bond donors (Lipinski definition) is 3. The van der Waals surface area contributed by atoms with Gasteiger partial charge in [-0.1, -0.05) is 6.07 Å². The molecule has 2 heterocycles. The number of pyridine rings is 1. The van der Waals surface area contributed by atoms with E-state index in [1.54, 1.807) is 29.3 Å². The molecule has 0 spiro atoms. The summed E-state index contributed by atoms with van der Waals surface area (Å²) in [5, 5.41) is 9.46. The van der Waals surface area contributed by atoms with Crippen LogP contribution in [0.5, 0.6) is 0 Å². The van der Waals surface area contributed by atoms with Crippen LogP contribution in [0.15, 0.2) is 48.9 Å². The van der Waals surface area contributed by atoms with E-state index in [1.807, 2.05) is 31.2 Å². The topological polar surface area (TPSA) is 115 Å². The molecular weight excluding hydrogens is 368 g/mol. The van der Waals surface area contributed by atoms with Crippen LogP contribution in [0, 0.1) is 6.92 Å². The van der Waals surface area contributed by atoms with E-state index in [0.29, 0.717) is 11.4 Å². The maximum Gasteiger partial charge on any atom is 0.314 e. The fraction of sp³-hybridized carbons (Fsp3) is 0.238. The van der Waals surface area contributed by atoms with E-state index < -0.39 is 11.8 Å². The highest BCUT2D eigenvalue weighted by Gasteiger charge is 2.19. The van der Waals surface area contributed by atoms with Crippen molar-refractivity contribution >= 4 is 23.2 Å². The van der Waals surface area contributed by atoms with Gasteiger partial charge in [-0.2, -0.15) is 5.10 Å². The molecule has 148 valence electrons. The van der Waals surface area contributed by atoms with Crippen molar-refractivity contribution in [3.63, 3.8) is 0 Å². The molecule has 0 aliphatic heterocycles. The summed E-state index contributed by atoms with van der Waals surface area (Å²) < 4.78 is 1.68. The highest BCUT2D eigenvalue weighted by molar-refractivity contribution is 6.43. The van der Waals surface area contributed by atoms with Crippen molar-refractivity contribution in [1.29, 1.82) is 0 Å². The van der Waals surface area contributed by atoms with E-state index in [0.717, 1.165) is 41.8 Å². The molecule has 4 N–H and O–H groups in total. The molecule has 4 rings (SSSR count). The molecule has 2 aromatic heterocycles. The van der Waals surface area contributed by atoms with Gasteiger partial charge in [0.25, 0.3) is 0 Å². The van der Waals surface area contributed by atoms with Crippen molar-refractivity contribution in [2.75, 3.05) is 10.6 Å². The third-order valence-electron chi connectivity index (χ3n) is 5.00. The Morgan fingerprint density at radius 1 is 1.21 bits per heavy atom. The Hall–Kier alpha value is -3.52. The Labute approximate surface area is 168 Å². The Kier molecular flexibility index (Phi) is 5.09. The number of nitrogens with one attached hydrogen (secondary N) is 2. The number of anilines is 2. The Morgan fingerprint density at radius 3 is 2.83 bits per heavy atom. The molecule has 8 nitrogen and oxygen atoms in total. The minimum atomic E-state index is -0.754. The molecule has 1 aliphatic carbocycles. The Bertz CT molecular complexity index is 1060. The smallest absolute Gasteiger partial charge is 0.314 e. The number of carbonyl (C=O) groups is 2. The van der Waals surface area contributed by atoms with E-state index in [1.165, 1.54) is 0 Å². The molecule has 2 amide bonds. The van der Waals surface area contributed by atoms with Gasteiger partial charge >= 0.3 is 11.8 Å². The lowest BCUT2D eigenvalue weighted by Gasteiger charge is -2.21. The fourth-order valence-corrected chi connectivity index (χ4v) is 3.39. The van der Waals surface area contributed by atoms with Crippen LogP contribution in [-0.2, 0) is 22.4 Å². The van der Waals surface area contributed by atoms with Gasteiger partial charge in [0.2, 0.25) is 0 Å². The van der Waals surface area contributed by atoms with Gasteiger partial charge < -0.3 is 16.4 Å². The van der Waals surface area contributed by atoms with Crippen molar-refractivity contribution in [1.82, 2.24) is 14.8 Å². The van der Waals surface area contributed by atoms with Gasteiger partial charge in [0.15, 0.2) is 0 Å². The number of carbonyl (C=O) groups excluding carboxylic acids is 2. The normalized spacial score (nSPS) is 15.4. The molecule has 0 fully saturated rings. The lowest BCUT2D eigenvalue weighted by Crippen LogP contribution is -2.30. The summed E-state index contributed by atoms with van der Waals surface area (Å²) in [6.07, 6.45) is 7.51. The van der Waals surface area contributed by atoms with Crippen molar-refractivity contribution in [2.45, 2.75) is 32.2 Å². The first kappa shape index (κ1) is 18.8. The summed E-state index contributed by atoms with van der Waals surface area (Å²) in [5.41, 5.74) is 10.7. The lowest BCUT2D eigenvalue weighted by atomic mass is 9.92. The molecule has 29 heavy (non-hydrogen) atoms. The summed E-state index contributed by atoms with van der Waals surface area (Å²) in [7, 11) is 0. The highest BCUT2D eigenvalue weighted by Crippen LogP contribution is 2.22. The molecule has 1 aliphatic rings.